The number of pyridine rings is 1. The van der Waals surface area contributed by atoms with E-state index in [1.165, 1.54) is 12.1 Å². The summed E-state index contributed by atoms with van der Waals surface area (Å²) in [5, 5.41) is 0.800. The number of aromatic amines is 1. The molecule has 98 valence electrons. The van der Waals surface area contributed by atoms with Crippen LogP contribution in [0.2, 0.25) is 0 Å². The number of nitrogens with zero attached hydrogens (tertiary/aromatic N) is 1. The van der Waals surface area contributed by atoms with E-state index in [-0.39, 0.29) is 18.2 Å². The highest BCUT2D eigenvalue weighted by atomic mass is 35.5. The van der Waals surface area contributed by atoms with Crippen molar-refractivity contribution in [1.82, 2.24) is 9.97 Å². The molecule has 2 aromatic heterocycles. The summed E-state index contributed by atoms with van der Waals surface area (Å²) in [6, 6.07) is 7.83. The summed E-state index contributed by atoms with van der Waals surface area (Å²) in [4.78, 5) is 7.10. The number of nitrogen functional groups attached to an aromatic ring is 1. The van der Waals surface area contributed by atoms with E-state index in [9.17, 15) is 4.39 Å². The van der Waals surface area contributed by atoms with Gasteiger partial charge in [-0.1, -0.05) is 0 Å². The van der Waals surface area contributed by atoms with E-state index < -0.39 is 5.82 Å². The molecule has 0 bridgehead atoms. The van der Waals surface area contributed by atoms with E-state index in [1.54, 1.807) is 24.5 Å². The number of H-pyrrole nitrogens is 1. The number of aromatic nitrogens is 2. The number of halogens is 2. The molecule has 0 saturated carbocycles. The van der Waals surface area contributed by atoms with Gasteiger partial charge >= 0.3 is 0 Å². The van der Waals surface area contributed by atoms with Crippen LogP contribution in [0.1, 0.15) is 0 Å². The molecule has 0 radical (unpaired) electrons. The summed E-state index contributed by atoms with van der Waals surface area (Å²) >= 11 is 0. The first-order valence-corrected chi connectivity index (χ1v) is 5.39. The first-order valence-electron chi connectivity index (χ1n) is 5.39. The SMILES string of the molecule is Cl.Nc1ccc(Oc2ccnc3[nH]ccc23)c(F)c1. The number of anilines is 1. The van der Waals surface area contributed by atoms with Gasteiger partial charge in [0.2, 0.25) is 0 Å². The fourth-order valence-corrected chi connectivity index (χ4v) is 1.74. The molecule has 4 nitrogen and oxygen atoms in total. The minimum atomic E-state index is -0.490. The Kier molecular flexibility index (Phi) is 3.57. The Bertz CT molecular complexity index is 714. The van der Waals surface area contributed by atoms with Gasteiger partial charge in [0.1, 0.15) is 11.4 Å². The van der Waals surface area contributed by atoms with Crippen molar-refractivity contribution in [2.45, 2.75) is 0 Å². The zero-order valence-electron chi connectivity index (χ0n) is 9.76. The van der Waals surface area contributed by atoms with E-state index in [0.29, 0.717) is 17.1 Å². The highest BCUT2D eigenvalue weighted by molar-refractivity contribution is 5.85. The van der Waals surface area contributed by atoms with Crippen LogP contribution in [0.15, 0.2) is 42.7 Å². The molecule has 3 rings (SSSR count). The average Bonchev–Trinajstić information content (AvgIpc) is 2.82. The topological polar surface area (TPSA) is 63.9 Å². The Morgan fingerprint density at radius 3 is 2.79 bits per heavy atom. The minimum absolute atomic E-state index is 0. The molecular weight excluding hydrogens is 269 g/mol. The third-order valence-corrected chi connectivity index (χ3v) is 2.60. The molecule has 0 aliphatic rings. The van der Waals surface area contributed by atoms with Crippen LogP contribution in [0, 0.1) is 5.82 Å². The first-order chi connectivity index (χ1) is 8.74. The summed E-state index contributed by atoms with van der Waals surface area (Å²) in [5.74, 6) is 0.193. The molecule has 3 aromatic rings. The van der Waals surface area contributed by atoms with Crippen molar-refractivity contribution >= 4 is 29.1 Å². The van der Waals surface area contributed by atoms with Crippen LogP contribution in [0.3, 0.4) is 0 Å². The van der Waals surface area contributed by atoms with Crippen LogP contribution in [0.4, 0.5) is 10.1 Å². The van der Waals surface area contributed by atoms with Gasteiger partial charge in [-0.05, 0) is 24.3 Å². The first kappa shape index (κ1) is 13.2. The second-order valence-corrected chi connectivity index (χ2v) is 3.84. The molecular formula is C13H11ClFN3O. The number of hydrogen-bond acceptors (Lipinski definition) is 3. The van der Waals surface area contributed by atoms with Gasteiger partial charge in [-0.3, -0.25) is 0 Å². The van der Waals surface area contributed by atoms with Crippen LogP contribution < -0.4 is 10.5 Å². The van der Waals surface area contributed by atoms with Crippen molar-refractivity contribution in [3.05, 3.63) is 48.5 Å². The molecule has 0 unspecified atom stereocenters. The lowest BCUT2D eigenvalue weighted by Crippen LogP contribution is -1.92. The van der Waals surface area contributed by atoms with Crippen molar-refractivity contribution in [3.8, 4) is 11.5 Å². The Morgan fingerprint density at radius 2 is 2.00 bits per heavy atom. The standard InChI is InChI=1S/C13H10FN3O.ClH/c14-10-7-8(15)1-2-12(10)18-11-4-6-17-13-9(11)3-5-16-13;/h1-7H,15H2,(H,16,17);1H. The number of ether oxygens (including phenoxy) is 1. The average molecular weight is 280 g/mol. The highest BCUT2D eigenvalue weighted by Crippen LogP contribution is 2.30. The molecule has 0 aliphatic heterocycles. The number of hydrogen-bond donors (Lipinski definition) is 2. The van der Waals surface area contributed by atoms with Gasteiger partial charge in [-0.15, -0.1) is 12.4 Å². The molecule has 0 atom stereocenters. The second kappa shape index (κ2) is 5.16. The lowest BCUT2D eigenvalue weighted by molar-refractivity contribution is 0.446. The molecule has 6 heteroatoms. The van der Waals surface area contributed by atoms with Gasteiger partial charge in [0, 0.05) is 24.1 Å². The van der Waals surface area contributed by atoms with Crippen LogP contribution in [-0.2, 0) is 0 Å². The highest BCUT2D eigenvalue weighted by Gasteiger charge is 2.08. The predicted molar refractivity (Wildman–Crippen MR) is 74.2 cm³/mol. The third kappa shape index (κ3) is 2.46. The molecule has 0 saturated heterocycles. The van der Waals surface area contributed by atoms with Crippen LogP contribution in [0.5, 0.6) is 11.5 Å². The number of benzene rings is 1. The van der Waals surface area contributed by atoms with E-state index in [1.807, 2.05) is 6.07 Å². The van der Waals surface area contributed by atoms with E-state index in [4.69, 9.17) is 10.5 Å². The Labute approximate surface area is 114 Å². The number of nitrogens with one attached hydrogen (secondary N) is 1. The van der Waals surface area contributed by atoms with Crippen molar-refractivity contribution in [1.29, 1.82) is 0 Å². The zero-order chi connectivity index (χ0) is 12.5. The van der Waals surface area contributed by atoms with E-state index >= 15 is 0 Å². The molecule has 0 aliphatic carbocycles. The lowest BCUT2D eigenvalue weighted by atomic mass is 10.3. The van der Waals surface area contributed by atoms with Crippen molar-refractivity contribution in [3.63, 3.8) is 0 Å². The van der Waals surface area contributed by atoms with Gasteiger partial charge in [0.15, 0.2) is 11.6 Å². The van der Waals surface area contributed by atoms with Gasteiger partial charge in [0.05, 0.1) is 5.39 Å². The number of fused-ring (bicyclic) bond motifs is 1. The number of rotatable bonds is 2. The quantitative estimate of drug-likeness (QED) is 0.706. The normalized spacial score (nSPS) is 10.2. The van der Waals surface area contributed by atoms with E-state index in [2.05, 4.69) is 9.97 Å². The molecule has 19 heavy (non-hydrogen) atoms. The van der Waals surface area contributed by atoms with Crippen LogP contribution in [0.25, 0.3) is 11.0 Å². The largest absolute Gasteiger partial charge is 0.453 e. The Hall–Kier alpha value is -2.27. The Balaban J connectivity index is 0.00000133. The van der Waals surface area contributed by atoms with E-state index in [0.717, 1.165) is 5.39 Å². The Morgan fingerprint density at radius 1 is 1.16 bits per heavy atom. The maximum atomic E-state index is 13.6. The van der Waals surface area contributed by atoms with Crippen molar-refractivity contribution in [2.75, 3.05) is 5.73 Å². The number of nitrogens with two attached hydrogens (primary N) is 1. The zero-order valence-corrected chi connectivity index (χ0v) is 10.6. The molecule has 0 amide bonds. The molecule has 0 spiro atoms. The smallest absolute Gasteiger partial charge is 0.167 e. The van der Waals surface area contributed by atoms with Crippen LogP contribution >= 0.6 is 12.4 Å². The minimum Gasteiger partial charge on any atom is -0.453 e. The summed E-state index contributed by atoms with van der Waals surface area (Å²) in [7, 11) is 0. The summed E-state index contributed by atoms with van der Waals surface area (Å²) in [6.07, 6.45) is 3.35. The molecule has 2 heterocycles. The maximum Gasteiger partial charge on any atom is 0.167 e. The van der Waals surface area contributed by atoms with Gasteiger partial charge in [-0.2, -0.15) is 0 Å². The molecule has 0 fully saturated rings. The van der Waals surface area contributed by atoms with Gasteiger partial charge < -0.3 is 15.5 Å². The van der Waals surface area contributed by atoms with Gasteiger partial charge in [-0.25, -0.2) is 9.37 Å². The van der Waals surface area contributed by atoms with Crippen molar-refractivity contribution in [2.24, 2.45) is 0 Å². The fraction of sp³-hybridized carbons (Fsp3) is 0. The lowest BCUT2D eigenvalue weighted by Gasteiger charge is -2.07. The van der Waals surface area contributed by atoms with Gasteiger partial charge in [0.25, 0.3) is 0 Å². The summed E-state index contributed by atoms with van der Waals surface area (Å²) < 4.78 is 19.2. The summed E-state index contributed by atoms with van der Waals surface area (Å²) in [5.41, 5.74) is 6.54. The summed E-state index contributed by atoms with van der Waals surface area (Å²) in [6.45, 7) is 0. The molecule has 3 N–H and O–H groups in total. The third-order valence-electron chi connectivity index (χ3n) is 2.60. The predicted octanol–water partition coefficient (Wildman–Crippen LogP) is 3.50. The molecule has 1 aromatic carbocycles. The maximum absolute atomic E-state index is 13.6. The fourth-order valence-electron chi connectivity index (χ4n) is 1.74. The van der Waals surface area contributed by atoms with Crippen LogP contribution in [-0.4, -0.2) is 9.97 Å². The van der Waals surface area contributed by atoms with Crippen molar-refractivity contribution < 1.29 is 9.13 Å². The second-order valence-electron chi connectivity index (χ2n) is 3.84. The monoisotopic (exact) mass is 279 g/mol.